The number of aryl methyl sites for hydroxylation is 1. The van der Waals surface area contributed by atoms with E-state index in [4.69, 9.17) is 9.78 Å². The van der Waals surface area contributed by atoms with Gasteiger partial charge in [0.25, 0.3) is 0 Å². The molecule has 0 bridgehead atoms. The van der Waals surface area contributed by atoms with E-state index in [9.17, 15) is 0 Å². The van der Waals surface area contributed by atoms with Gasteiger partial charge in [0.2, 0.25) is 5.89 Å². The van der Waals surface area contributed by atoms with Crippen LogP contribution in [0.5, 0.6) is 0 Å². The van der Waals surface area contributed by atoms with Gasteiger partial charge in [-0.15, -0.1) is 0 Å². The lowest BCUT2D eigenvalue weighted by molar-refractivity contribution is 0.373. The van der Waals surface area contributed by atoms with Gasteiger partial charge in [0.1, 0.15) is 0 Å². The molecule has 1 aromatic rings. The summed E-state index contributed by atoms with van der Waals surface area (Å²) < 4.78 is 5.05. The van der Waals surface area contributed by atoms with Gasteiger partial charge in [-0.2, -0.15) is 22.0 Å². The van der Waals surface area contributed by atoms with Crippen molar-refractivity contribution in [1.29, 1.82) is 5.26 Å². The third kappa shape index (κ3) is 2.07. The van der Waals surface area contributed by atoms with Gasteiger partial charge in [-0.25, -0.2) is 0 Å². The zero-order valence-corrected chi connectivity index (χ0v) is 8.59. The van der Waals surface area contributed by atoms with Crippen molar-refractivity contribution in [3.8, 4) is 6.07 Å². The van der Waals surface area contributed by atoms with Gasteiger partial charge in [-0.3, -0.25) is 0 Å². The van der Waals surface area contributed by atoms with Crippen molar-refractivity contribution in [2.45, 2.75) is 30.9 Å². The molecule has 1 aliphatic rings. The van der Waals surface area contributed by atoms with Crippen molar-refractivity contribution in [2.75, 3.05) is 5.75 Å². The highest BCUT2D eigenvalue weighted by Crippen LogP contribution is 2.38. The quantitative estimate of drug-likeness (QED) is 0.762. The molecule has 1 atom stereocenters. The highest BCUT2D eigenvalue weighted by molar-refractivity contribution is 7.99. The Morgan fingerprint density at radius 2 is 2.57 bits per heavy atom. The minimum absolute atomic E-state index is 0.412. The normalized spacial score (nSPS) is 20.9. The smallest absolute Gasteiger partial charge is 0.227 e. The lowest BCUT2D eigenvalue weighted by atomic mass is 10.2. The summed E-state index contributed by atoms with van der Waals surface area (Å²) in [4.78, 5) is 4.28. The van der Waals surface area contributed by atoms with Crippen LogP contribution < -0.4 is 0 Å². The standard InChI is InChI=1S/C9H11N3OS/c10-5-1-4-8-11-9(12-13-8)7-3-2-6-14-7/h7H,1-4,6H2. The summed E-state index contributed by atoms with van der Waals surface area (Å²) in [6, 6.07) is 2.06. The van der Waals surface area contributed by atoms with Crippen LogP contribution >= 0.6 is 11.8 Å². The average molecular weight is 209 g/mol. The minimum Gasteiger partial charge on any atom is -0.339 e. The predicted molar refractivity (Wildman–Crippen MR) is 52.7 cm³/mol. The molecule has 0 saturated carbocycles. The Labute approximate surface area is 86.7 Å². The second kappa shape index (κ2) is 4.47. The zero-order valence-electron chi connectivity index (χ0n) is 7.77. The van der Waals surface area contributed by atoms with Crippen LogP contribution in [0.4, 0.5) is 0 Å². The van der Waals surface area contributed by atoms with Crippen LogP contribution in [0.2, 0.25) is 0 Å². The van der Waals surface area contributed by atoms with E-state index in [1.807, 2.05) is 11.8 Å². The average Bonchev–Trinajstić information content (AvgIpc) is 2.85. The van der Waals surface area contributed by atoms with Crippen LogP contribution in [-0.4, -0.2) is 15.9 Å². The molecule has 0 aromatic carbocycles. The fourth-order valence-corrected chi connectivity index (χ4v) is 2.64. The predicted octanol–water partition coefficient (Wildman–Crippen LogP) is 2.09. The maximum atomic E-state index is 8.40. The number of rotatable bonds is 3. The molecular weight excluding hydrogens is 198 g/mol. The number of nitrogens with zero attached hydrogens (tertiary/aromatic N) is 3. The Morgan fingerprint density at radius 3 is 3.29 bits per heavy atom. The van der Waals surface area contributed by atoms with Gasteiger partial charge >= 0.3 is 0 Å². The number of thioether (sulfide) groups is 1. The maximum absolute atomic E-state index is 8.40. The third-order valence-corrected chi connectivity index (χ3v) is 3.53. The summed E-state index contributed by atoms with van der Waals surface area (Å²) in [5, 5.41) is 12.7. The molecule has 4 nitrogen and oxygen atoms in total. The molecular formula is C9H11N3OS. The highest BCUT2D eigenvalue weighted by Gasteiger charge is 2.22. The molecule has 2 heterocycles. The Balaban J connectivity index is 1.98. The third-order valence-electron chi connectivity index (χ3n) is 2.15. The van der Waals surface area contributed by atoms with Gasteiger partial charge in [-0.05, 0) is 18.6 Å². The first-order valence-corrected chi connectivity index (χ1v) is 5.76. The molecule has 0 N–H and O–H groups in total. The monoisotopic (exact) mass is 209 g/mol. The van der Waals surface area contributed by atoms with Gasteiger partial charge in [0.05, 0.1) is 11.3 Å². The van der Waals surface area contributed by atoms with E-state index in [0.29, 0.717) is 24.0 Å². The van der Waals surface area contributed by atoms with E-state index < -0.39 is 0 Å². The summed E-state index contributed by atoms with van der Waals surface area (Å²) in [6.07, 6.45) is 3.39. The molecule has 0 spiro atoms. The second-order valence-electron chi connectivity index (χ2n) is 3.21. The van der Waals surface area contributed by atoms with Crippen molar-refractivity contribution in [1.82, 2.24) is 10.1 Å². The van der Waals surface area contributed by atoms with E-state index in [0.717, 1.165) is 12.2 Å². The first-order chi connectivity index (χ1) is 6.90. The molecule has 74 valence electrons. The first-order valence-electron chi connectivity index (χ1n) is 4.71. The van der Waals surface area contributed by atoms with Crippen molar-refractivity contribution in [2.24, 2.45) is 0 Å². The number of aromatic nitrogens is 2. The second-order valence-corrected chi connectivity index (χ2v) is 4.52. The lowest BCUT2D eigenvalue weighted by Gasteiger charge is -1.98. The summed E-state index contributed by atoms with van der Waals surface area (Å²) in [6.45, 7) is 0. The number of hydrogen-bond acceptors (Lipinski definition) is 5. The van der Waals surface area contributed by atoms with Gasteiger partial charge in [-0.1, -0.05) is 5.16 Å². The molecule has 0 radical (unpaired) electrons. The van der Waals surface area contributed by atoms with Crippen LogP contribution in [0.25, 0.3) is 0 Å². The molecule has 1 aromatic heterocycles. The molecule has 1 aliphatic heterocycles. The van der Waals surface area contributed by atoms with Crippen LogP contribution in [0.15, 0.2) is 4.52 Å². The lowest BCUT2D eigenvalue weighted by Crippen LogP contribution is -1.92. The first kappa shape index (κ1) is 9.53. The molecule has 1 saturated heterocycles. The van der Waals surface area contributed by atoms with E-state index >= 15 is 0 Å². The fourth-order valence-electron chi connectivity index (χ4n) is 1.44. The van der Waals surface area contributed by atoms with E-state index in [2.05, 4.69) is 16.2 Å². The van der Waals surface area contributed by atoms with Crippen LogP contribution in [0, 0.1) is 11.3 Å². The molecule has 0 aliphatic carbocycles. The van der Waals surface area contributed by atoms with Crippen molar-refractivity contribution in [3.63, 3.8) is 0 Å². The largest absolute Gasteiger partial charge is 0.339 e. The number of hydrogen-bond donors (Lipinski definition) is 0. The summed E-state index contributed by atoms with van der Waals surface area (Å²) in [7, 11) is 0. The molecule has 1 unspecified atom stereocenters. The van der Waals surface area contributed by atoms with Crippen molar-refractivity contribution < 1.29 is 4.52 Å². The maximum Gasteiger partial charge on any atom is 0.227 e. The van der Waals surface area contributed by atoms with Crippen LogP contribution in [-0.2, 0) is 6.42 Å². The number of nitriles is 1. The van der Waals surface area contributed by atoms with Crippen molar-refractivity contribution in [3.05, 3.63) is 11.7 Å². The van der Waals surface area contributed by atoms with Gasteiger partial charge < -0.3 is 4.52 Å². The molecule has 14 heavy (non-hydrogen) atoms. The summed E-state index contributed by atoms with van der Waals surface area (Å²) in [5.41, 5.74) is 0. The highest BCUT2D eigenvalue weighted by atomic mass is 32.2. The topological polar surface area (TPSA) is 62.7 Å². The van der Waals surface area contributed by atoms with Gasteiger partial charge in [0.15, 0.2) is 5.82 Å². The van der Waals surface area contributed by atoms with Crippen molar-refractivity contribution >= 4 is 11.8 Å². The Kier molecular flexibility index (Phi) is 3.04. The van der Waals surface area contributed by atoms with Crippen LogP contribution in [0.3, 0.4) is 0 Å². The SMILES string of the molecule is N#CCCc1nc(C2CCCS2)no1. The fraction of sp³-hybridized carbons (Fsp3) is 0.667. The minimum atomic E-state index is 0.412. The van der Waals surface area contributed by atoms with Gasteiger partial charge in [0, 0.05) is 12.8 Å². The van der Waals surface area contributed by atoms with Crippen LogP contribution in [0.1, 0.15) is 36.2 Å². The van der Waals surface area contributed by atoms with E-state index in [1.54, 1.807) is 0 Å². The summed E-state index contributed by atoms with van der Waals surface area (Å²) in [5.74, 6) is 2.58. The Hall–Kier alpha value is -1.02. The molecule has 0 amide bonds. The van der Waals surface area contributed by atoms with E-state index in [1.165, 1.54) is 12.2 Å². The molecule has 5 heteroatoms. The summed E-state index contributed by atoms with van der Waals surface area (Å²) >= 11 is 1.88. The molecule has 2 rings (SSSR count). The Bertz CT molecular complexity index is 338. The molecule has 1 fully saturated rings. The zero-order chi connectivity index (χ0) is 9.80. The van der Waals surface area contributed by atoms with E-state index in [-0.39, 0.29) is 0 Å². The Morgan fingerprint density at radius 1 is 1.64 bits per heavy atom.